The van der Waals surface area contributed by atoms with Crippen molar-refractivity contribution in [2.45, 2.75) is 117 Å². The van der Waals surface area contributed by atoms with Crippen LogP contribution in [0.5, 0.6) is 0 Å². The van der Waals surface area contributed by atoms with Crippen LogP contribution < -0.4 is 0 Å². The zero-order chi connectivity index (χ0) is 20.0. The summed E-state index contributed by atoms with van der Waals surface area (Å²) in [6.45, 7) is 4.32. The number of unbranched alkanes of at least 4 members (excludes halogenated alkanes) is 10. The number of esters is 2. The molecule has 0 aromatic rings. The zero-order valence-corrected chi connectivity index (χ0v) is 17.8. The van der Waals surface area contributed by atoms with E-state index in [1.54, 1.807) is 0 Å². The lowest BCUT2D eigenvalue weighted by molar-refractivity contribution is -0.159. The average Bonchev–Trinajstić information content (AvgIpc) is 2.65. The fraction of sp³-hybridized carbons (Fsp3) is 0.750. The van der Waals surface area contributed by atoms with Gasteiger partial charge in [-0.1, -0.05) is 83.1 Å². The van der Waals surface area contributed by atoms with Gasteiger partial charge in [-0.25, -0.2) is 0 Å². The van der Waals surface area contributed by atoms with Gasteiger partial charge in [0.25, 0.3) is 0 Å². The van der Waals surface area contributed by atoms with Crippen molar-refractivity contribution in [3.63, 3.8) is 0 Å². The Kier molecular flexibility index (Phi) is 19.9. The van der Waals surface area contributed by atoms with Crippen molar-refractivity contribution in [3.05, 3.63) is 24.3 Å². The second-order valence-electron chi connectivity index (χ2n) is 7.28. The lowest BCUT2D eigenvalue weighted by Crippen LogP contribution is -2.11. The molecular weight excluding hydrogens is 336 g/mol. The fourth-order valence-electron chi connectivity index (χ4n) is 2.83. The maximum absolute atomic E-state index is 11.6. The topological polar surface area (TPSA) is 43.4 Å². The first-order chi connectivity index (χ1) is 13.2. The number of rotatable bonds is 18. The number of hydrogen-bond acceptors (Lipinski definition) is 3. The maximum atomic E-state index is 11.6. The van der Waals surface area contributed by atoms with Gasteiger partial charge in [-0.05, 0) is 44.9 Å². The van der Waals surface area contributed by atoms with Crippen molar-refractivity contribution in [2.24, 2.45) is 0 Å². The highest BCUT2D eigenvalue weighted by atomic mass is 16.6. The van der Waals surface area contributed by atoms with E-state index in [0.717, 1.165) is 51.4 Å². The molecule has 0 N–H and O–H groups in total. The molecule has 0 radical (unpaired) electrons. The van der Waals surface area contributed by atoms with Crippen molar-refractivity contribution in [1.82, 2.24) is 0 Å². The van der Waals surface area contributed by atoms with Gasteiger partial charge in [0.15, 0.2) is 0 Å². The Bertz CT molecular complexity index is 410. The van der Waals surface area contributed by atoms with Crippen LogP contribution in [-0.4, -0.2) is 11.9 Å². The van der Waals surface area contributed by atoms with Crippen molar-refractivity contribution in [3.8, 4) is 0 Å². The molecule has 0 heterocycles. The molecule has 3 nitrogen and oxygen atoms in total. The molecule has 0 aliphatic rings. The van der Waals surface area contributed by atoms with Gasteiger partial charge in [-0.3, -0.25) is 9.59 Å². The Labute approximate surface area is 167 Å². The lowest BCUT2D eigenvalue weighted by atomic mass is 10.1. The normalized spacial score (nSPS) is 11.5. The molecule has 0 bridgehead atoms. The highest BCUT2D eigenvalue weighted by Crippen LogP contribution is 2.09. The van der Waals surface area contributed by atoms with Gasteiger partial charge in [-0.2, -0.15) is 0 Å². The smallest absolute Gasteiger partial charge is 0.313 e. The van der Waals surface area contributed by atoms with Gasteiger partial charge in [-0.15, -0.1) is 0 Å². The molecule has 3 heteroatoms. The van der Waals surface area contributed by atoms with Crippen molar-refractivity contribution >= 4 is 11.9 Å². The summed E-state index contributed by atoms with van der Waals surface area (Å²) < 4.78 is 4.82. The van der Waals surface area contributed by atoms with Gasteiger partial charge in [0.1, 0.15) is 0 Å². The van der Waals surface area contributed by atoms with E-state index in [2.05, 4.69) is 38.2 Å². The molecule has 0 unspecified atom stereocenters. The van der Waals surface area contributed by atoms with Crippen molar-refractivity contribution < 1.29 is 14.3 Å². The summed E-state index contributed by atoms with van der Waals surface area (Å²) in [4.78, 5) is 23.0. The largest absolute Gasteiger partial charge is 0.393 e. The van der Waals surface area contributed by atoms with E-state index in [-0.39, 0.29) is 11.9 Å². The van der Waals surface area contributed by atoms with Crippen LogP contribution in [0.1, 0.15) is 117 Å². The Morgan fingerprint density at radius 2 is 1.04 bits per heavy atom. The molecule has 0 fully saturated rings. The fourth-order valence-corrected chi connectivity index (χ4v) is 2.83. The SMILES string of the molecule is CCCCC/C=C\C/C=C\CCCCCCCC(=O)OC(=O)CCCCC. The number of carbonyl (C=O) groups excluding carboxylic acids is 2. The summed E-state index contributed by atoms with van der Waals surface area (Å²) in [7, 11) is 0. The van der Waals surface area contributed by atoms with E-state index in [1.165, 1.54) is 38.5 Å². The molecule has 0 aromatic carbocycles. The second-order valence-corrected chi connectivity index (χ2v) is 7.28. The van der Waals surface area contributed by atoms with Gasteiger partial charge >= 0.3 is 11.9 Å². The first-order valence-electron chi connectivity index (χ1n) is 11.2. The van der Waals surface area contributed by atoms with Crippen LogP contribution in [0.15, 0.2) is 24.3 Å². The van der Waals surface area contributed by atoms with Crippen molar-refractivity contribution in [2.75, 3.05) is 0 Å². The Morgan fingerprint density at radius 3 is 1.63 bits per heavy atom. The quantitative estimate of drug-likeness (QED) is 0.108. The monoisotopic (exact) mass is 378 g/mol. The summed E-state index contributed by atoms with van der Waals surface area (Å²) in [5, 5.41) is 0. The third-order valence-corrected chi connectivity index (χ3v) is 4.54. The lowest BCUT2D eigenvalue weighted by Gasteiger charge is -2.03. The number of hydrogen-bond donors (Lipinski definition) is 0. The number of ether oxygens (including phenoxy) is 1. The standard InChI is InChI=1S/C24H42O3/c1-3-5-7-8-9-10-11-12-13-14-15-16-17-18-20-22-24(26)27-23(25)21-19-6-4-2/h9-10,12-13H,3-8,11,14-22H2,1-2H3/b10-9-,13-12-. The predicted octanol–water partition coefficient (Wildman–Crippen LogP) is 7.45. The van der Waals surface area contributed by atoms with Crippen LogP contribution in [0.25, 0.3) is 0 Å². The average molecular weight is 379 g/mol. The minimum absolute atomic E-state index is 0.359. The Morgan fingerprint density at radius 1 is 0.593 bits per heavy atom. The molecule has 0 amide bonds. The van der Waals surface area contributed by atoms with E-state index >= 15 is 0 Å². The zero-order valence-electron chi connectivity index (χ0n) is 17.8. The molecule has 0 aromatic heterocycles. The summed E-state index contributed by atoms with van der Waals surface area (Å²) in [6.07, 6.45) is 25.4. The van der Waals surface area contributed by atoms with Gasteiger partial charge in [0, 0.05) is 12.8 Å². The van der Waals surface area contributed by atoms with Crippen LogP contribution in [0.4, 0.5) is 0 Å². The first-order valence-corrected chi connectivity index (χ1v) is 11.2. The summed E-state index contributed by atoms with van der Waals surface area (Å²) in [6, 6.07) is 0. The highest BCUT2D eigenvalue weighted by Gasteiger charge is 2.09. The minimum atomic E-state index is -0.365. The van der Waals surface area contributed by atoms with Crippen LogP contribution >= 0.6 is 0 Å². The molecular formula is C24H42O3. The van der Waals surface area contributed by atoms with E-state index in [9.17, 15) is 9.59 Å². The third-order valence-electron chi connectivity index (χ3n) is 4.54. The van der Waals surface area contributed by atoms with Crippen LogP contribution in [0, 0.1) is 0 Å². The van der Waals surface area contributed by atoms with E-state index in [4.69, 9.17) is 4.74 Å². The van der Waals surface area contributed by atoms with E-state index in [0.29, 0.717) is 12.8 Å². The van der Waals surface area contributed by atoms with Crippen LogP contribution in [0.2, 0.25) is 0 Å². The van der Waals surface area contributed by atoms with Crippen molar-refractivity contribution in [1.29, 1.82) is 0 Å². The van der Waals surface area contributed by atoms with Crippen LogP contribution in [-0.2, 0) is 14.3 Å². The third kappa shape index (κ3) is 20.8. The molecule has 0 saturated carbocycles. The molecule has 0 rings (SSSR count). The highest BCUT2D eigenvalue weighted by molar-refractivity contribution is 5.85. The predicted molar refractivity (Wildman–Crippen MR) is 115 cm³/mol. The summed E-state index contributed by atoms with van der Waals surface area (Å²) >= 11 is 0. The maximum Gasteiger partial charge on any atom is 0.313 e. The number of carbonyl (C=O) groups is 2. The van der Waals surface area contributed by atoms with E-state index < -0.39 is 0 Å². The molecule has 0 saturated heterocycles. The molecule has 156 valence electrons. The Hall–Kier alpha value is -1.38. The van der Waals surface area contributed by atoms with Gasteiger partial charge in [0.2, 0.25) is 0 Å². The molecule has 0 spiro atoms. The first kappa shape index (κ1) is 25.6. The van der Waals surface area contributed by atoms with Gasteiger partial charge < -0.3 is 4.74 Å². The molecule has 0 aliphatic carbocycles. The molecule has 0 atom stereocenters. The van der Waals surface area contributed by atoms with Crippen LogP contribution in [0.3, 0.4) is 0 Å². The minimum Gasteiger partial charge on any atom is -0.393 e. The summed E-state index contributed by atoms with van der Waals surface area (Å²) in [5.41, 5.74) is 0. The Balaban J connectivity index is 3.37. The number of allylic oxidation sites excluding steroid dienone is 4. The van der Waals surface area contributed by atoms with E-state index in [1.807, 2.05) is 0 Å². The second kappa shape index (κ2) is 20.9. The summed E-state index contributed by atoms with van der Waals surface area (Å²) in [5.74, 6) is -0.724. The molecule has 27 heavy (non-hydrogen) atoms. The van der Waals surface area contributed by atoms with Gasteiger partial charge in [0.05, 0.1) is 0 Å². The molecule has 0 aliphatic heterocycles.